The summed E-state index contributed by atoms with van der Waals surface area (Å²) in [6.45, 7) is 2.04. The molecule has 0 amide bonds. The van der Waals surface area contributed by atoms with E-state index in [1.807, 2.05) is 49.4 Å². The fourth-order valence-corrected chi connectivity index (χ4v) is 1.86. The first-order valence-corrected chi connectivity index (χ1v) is 6.21. The van der Waals surface area contributed by atoms with Gasteiger partial charge in [0.1, 0.15) is 0 Å². The fraction of sp³-hybridized carbons (Fsp3) is 0.125. The van der Waals surface area contributed by atoms with E-state index in [1.54, 1.807) is 12.1 Å². The second kappa shape index (κ2) is 5.96. The van der Waals surface area contributed by atoms with Gasteiger partial charge in [0.2, 0.25) is 11.8 Å². The maximum absolute atomic E-state index is 7.99. The van der Waals surface area contributed by atoms with Crippen LogP contribution in [0.25, 0.3) is 0 Å². The van der Waals surface area contributed by atoms with Gasteiger partial charge in [-0.25, -0.2) is 0 Å². The lowest BCUT2D eigenvalue weighted by atomic mass is 10.1. The van der Waals surface area contributed by atoms with Crippen LogP contribution in [0.4, 0.5) is 0 Å². The van der Waals surface area contributed by atoms with E-state index in [1.165, 1.54) is 0 Å². The van der Waals surface area contributed by atoms with Gasteiger partial charge in [-0.1, -0.05) is 43.3 Å². The molecule has 0 heterocycles. The molecule has 0 radical (unpaired) electrons. The molecule has 19 heavy (non-hydrogen) atoms. The average molecular weight is 252 g/mol. The molecular weight excluding hydrogens is 236 g/mol. The van der Waals surface area contributed by atoms with Crippen LogP contribution in [0.3, 0.4) is 0 Å². The molecule has 0 aliphatic heterocycles. The van der Waals surface area contributed by atoms with Crippen molar-refractivity contribution in [1.29, 1.82) is 10.8 Å². The monoisotopic (exact) mass is 252 g/mol. The van der Waals surface area contributed by atoms with Crippen LogP contribution in [0.5, 0.6) is 0 Å². The Bertz CT molecular complexity index is 591. The third kappa shape index (κ3) is 3.07. The van der Waals surface area contributed by atoms with Gasteiger partial charge in [0, 0.05) is 11.1 Å². The van der Waals surface area contributed by atoms with Gasteiger partial charge in [-0.05, 0) is 30.2 Å². The van der Waals surface area contributed by atoms with Gasteiger partial charge in [-0.15, -0.1) is 0 Å². The molecule has 0 unspecified atom stereocenters. The maximum Gasteiger partial charge on any atom is 0.221 e. The molecule has 0 aliphatic rings. The Morgan fingerprint density at radius 2 is 1.53 bits per heavy atom. The zero-order chi connectivity index (χ0) is 13.7. The van der Waals surface area contributed by atoms with Crippen LogP contribution in [-0.4, -0.2) is 11.8 Å². The van der Waals surface area contributed by atoms with Crippen LogP contribution in [0.1, 0.15) is 23.6 Å². The van der Waals surface area contributed by atoms with Crippen molar-refractivity contribution in [2.24, 2.45) is 0 Å². The second-order valence-electron chi connectivity index (χ2n) is 4.14. The van der Waals surface area contributed by atoms with Crippen molar-refractivity contribution in [3.05, 3.63) is 71.3 Å². The number of hydrogen-bond donors (Lipinski definition) is 2. The minimum atomic E-state index is -0.00324. The molecule has 0 fully saturated rings. The Morgan fingerprint density at radius 1 is 0.895 bits per heavy atom. The lowest BCUT2D eigenvalue weighted by molar-refractivity contribution is 0.537. The topological polar surface area (TPSA) is 56.9 Å². The normalized spacial score (nSPS) is 9.95. The molecule has 0 saturated carbocycles. The van der Waals surface area contributed by atoms with E-state index in [0.717, 1.165) is 17.5 Å². The molecule has 0 aromatic heterocycles. The van der Waals surface area contributed by atoms with Crippen molar-refractivity contribution in [3.63, 3.8) is 0 Å². The van der Waals surface area contributed by atoms with E-state index in [9.17, 15) is 0 Å². The van der Waals surface area contributed by atoms with Crippen molar-refractivity contribution in [2.75, 3.05) is 0 Å². The Balaban J connectivity index is 2.16. The van der Waals surface area contributed by atoms with Gasteiger partial charge in [0.25, 0.3) is 0 Å². The summed E-state index contributed by atoms with van der Waals surface area (Å²) >= 11 is 0. The Morgan fingerprint density at radius 3 is 2.21 bits per heavy atom. The minimum absolute atomic E-state index is 0.00324. The van der Waals surface area contributed by atoms with Gasteiger partial charge in [-0.3, -0.25) is 10.8 Å². The summed E-state index contributed by atoms with van der Waals surface area (Å²) in [7, 11) is 0. The molecule has 0 bridgehead atoms. The Labute approximate surface area is 112 Å². The van der Waals surface area contributed by atoms with Crippen LogP contribution in [0.15, 0.2) is 54.6 Å². The van der Waals surface area contributed by atoms with Crippen LogP contribution in [0, 0.1) is 10.8 Å². The maximum atomic E-state index is 7.99. The zero-order valence-electron chi connectivity index (χ0n) is 10.8. The summed E-state index contributed by atoms with van der Waals surface area (Å²) in [5, 5.41) is 15.9. The van der Waals surface area contributed by atoms with E-state index in [4.69, 9.17) is 15.6 Å². The van der Waals surface area contributed by atoms with Crippen molar-refractivity contribution in [3.8, 4) is 0 Å². The van der Waals surface area contributed by atoms with Gasteiger partial charge in [-0.2, -0.15) is 0 Å². The molecule has 0 atom stereocenters. The summed E-state index contributed by atoms with van der Waals surface area (Å²) in [5.41, 5.74) is 2.46. The highest BCUT2D eigenvalue weighted by Gasteiger charge is 2.11. The Hall–Kier alpha value is -2.42. The highest BCUT2D eigenvalue weighted by atomic mass is 16.5. The largest absolute Gasteiger partial charge is 0.421 e. The SMILES string of the molecule is CCc1ccccc1C(=N)OC(=N)c1ccccc1. The molecule has 96 valence electrons. The van der Waals surface area contributed by atoms with E-state index >= 15 is 0 Å². The fourth-order valence-electron chi connectivity index (χ4n) is 1.86. The number of benzene rings is 2. The van der Waals surface area contributed by atoms with Crippen LogP contribution in [-0.2, 0) is 11.2 Å². The van der Waals surface area contributed by atoms with Crippen molar-refractivity contribution in [1.82, 2.24) is 0 Å². The van der Waals surface area contributed by atoms with E-state index in [2.05, 4.69) is 0 Å². The second-order valence-corrected chi connectivity index (χ2v) is 4.14. The lowest BCUT2D eigenvalue weighted by Crippen LogP contribution is -2.14. The lowest BCUT2D eigenvalue weighted by Gasteiger charge is -2.11. The van der Waals surface area contributed by atoms with Crippen molar-refractivity contribution in [2.45, 2.75) is 13.3 Å². The first-order valence-electron chi connectivity index (χ1n) is 6.21. The molecule has 0 aliphatic carbocycles. The van der Waals surface area contributed by atoms with Crippen LogP contribution < -0.4 is 0 Å². The van der Waals surface area contributed by atoms with Crippen molar-refractivity contribution >= 4 is 11.8 Å². The first kappa shape index (κ1) is 13.0. The molecular formula is C16H16N2O. The predicted octanol–water partition coefficient (Wildman–Crippen LogP) is 3.62. The van der Waals surface area contributed by atoms with Gasteiger partial charge in [0.05, 0.1) is 0 Å². The van der Waals surface area contributed by atoms with E-state index in [-0.39, 0.29) is 11.8 Å². The molecule has 0 saturated heterocycles. The molecule has 2 rings (SSSR count). The average Bonchev–Trinajstić information content (AvgIpc) is 2.48. The summed E-state index contributed by atoms with van der Waals surface area (Å²) in [6.07, 6.45) is 0.834. The van der Waals surface area contributed by atoms with Crippen LogP contribution >= 0.6 is 0 Å². The van der Waals surface area contributed by atoms with Crippen LogP contribution in [0.2, 0.25) is 0 Å². The number of nitrogens with one attached hydrogen (secondary N) is 2. The Kier molecular flexibility index (Phi) is 4.08. The van der Waals surface area contributed by atoms with Gasteiger partial charge >= 0.3 is 0 Å². The summed E-state index contributed by atoms with van der Waals surface area (Å²) < 4.78 is 5.33. The number of aryl methyl sites for hydroxylation is 1. The first-order chi connectivity index (χ1) is 9.22. The summed E-state index contributed by atoms with van der Waals surface area (Å²) in [5.74, 6) is 0.0165. The minimum Gasteiger partial charge on any atom is -0.421 e. The highest BCUT2D eigenvalue weighted by Crippen LogP contribution is 2.12. The third-order valence-electron chi connectivity index (χ3n) is 2.88. The van der Waals surface area contributed by atoms with E-state index in [0.29, 0.717) is 5.56 Å². The number of rotatable bonds is 3. The molecule has 2 aromatic rings. The summed E-state index contributed by atoms with van der Waals surface area (Å²) in [4.78, 5) is 0. The quantitative estimate of drug-likeness (QED) is 0.636. The zero-order valence-corrected chi connectivity index (χ0v) is 10.8. The van der Waals surface area contributed by atoms with Gasteiger partial charge in [0.15, 0.2) is 0 Å². The third-order valence-corrected chi connectivity index (χ3v) is 2.88. The van der Waals surface area contributed by atoms with Crippen molar-refractivity contribution < 1.29 is 4.74 Å². The predicted molar refractivity (Wildman–Crippen MR) is 77.0 cm³/mol. The smallest absolute Gasteiger partial charge is 0.221 e. The molecule has 0 spiro atoms. The highest BCUT2D eigenvalue weighted by molar-refractivity contribution is 6.05. The standard InChI is InChI=1S/C16H16N2O/c1-2-12-8-6-7-11-14(12)16(18)19-15(17)13-9-4-3-5-10-13/h3-11,17-18H,2H2,1H3. The van der Waals surface area contributed by atoms with E-state index < -0.39 is 0 Å². The number of hydrogen-bond acceptors (Lipinski definition) is 3. The molecule has 3 nitrogen and oxygen atoms in total. The summed E-state index contributed by atoms with van der Waals surface area (Å²) in [6, 6.07) is 16.8. The number of ether oxygens (including phenoxy) is 1. The molecule has 2 N–H and O–H groups in total. The molecule has 2 aromatic carbocycles. The molecule has 3 heteroatoms. The van der Waals surface area contributed by atoms with Gasteiger partial charge < -0.3 is 4.74 Å².